The van der Waals surface area contributed by atoms with Gasteiger partial charge < -0.3 is 15.6 Å². The predicted octanol–water partition coefficient (Wildman–Crippen LogP) is 4.49. The third-order valence-corrected chi connectivity index (χ3v) is 5.08. The molecule has 0 unspecified atom stereocenters. The highest BCUT2D eigenvalue weighted by Crippen LogP contribution is 2.24. The number of aromatic nitrogens is 1. The smallest absolute Gasteiger partial charge is 0.272 e. The Morgan fingerprint density at radius 3 is 2.47 bits per heavy atom. The summed E-state index contributed by atoms with van der Waals surface area (Å²) in [5.41, 5.74) is 8.72. The second kappa shape index (κ2) is 7.83. The van der Waals surface area contributed by atoms with Gasteiger partial charge in [-0.1, -0.05) is 36.4 Å². The van der Waals surface area contributed by atoms with Gasteiger partial charge in [0.2, 0.25) is 5.91 Å². The first-order chi connectivity index (χ1) is 14.4. The first-order valence-electron chi connectivity index (χ1n) is 9.47. The largest absolute Gasteiger partial charge is 0.366 e. The van der Waals surface area contributed by atoms with Crippen molar-refractivity contribution in [2.75, 3.05) is 5.32 Å². The fourth-order valence-corrected chi connectivity index (χ4v) is 3.58. The molecule has 3 N–H and O–H groups in total. The maximum atomic E-state index is 14.3. The molecule has 2 amide bonds. The number of hydrogen-bond donors (Lipinski definition) is 2. The lowest BCUT2D eigenvalue weighted by Gasteiger charge is -2.13. The molecule has 150 valence electrons. The molecule has 0 aliphatic carbocycles. The van der Waals surface area contributed by atoms with Gasteiger partial charge in [0.15, 0.2) is 0 Å². The lowest BCUT2D eigenvalue weighted by atomic mass is 10.1. The minimum absolute atomic E-state index is 0.225. The van der Waals surface area contributed by atoms with Crippen LogP contribution in [-0.4, -0.2) is 16.4 Å². The quantitative estimate of drug-likeness (QED) is 0.517. The van der Waals surface area contributed by atoms with E-state index in [4.69, 9.17) is 5.73 Å². The van der Waals surface area contributed by atoms with Gasteiger partial charge >= 0.3 is 0 Å². The van der Waals surface area contributed by atoms with Gasteiger partial charge in [-0.2, -0.15) is 0 Å². The van der Waals surface area contributed by atoms with E-state index >= 15 is 0 Å². The van der Waals surface area contributed by atoms with Gasteiger partial charge in [-0.15, -0.1) is 0 Å². The first-order valence-corrected chi connectivity index (χ1v) is 9.47. The molecule has 0 aliphatic heterocycles. The van der Waals surface area contributed by atoms with E-state index in [0.717, 1.165) is 10.9 Å². The summed E-state index contributed by atoms with van der Waals surface area (Å²) >= 11 is 0. The molecule has 30 heavy (non-hydrogen) atoms. The van der Waals surface area contributed by atoms with Crippen LogP contribution < -0.4 is 11.1 Å². The van der Waals surface area contributed by atoms with Crippen LogP contribution >= 0.6 is 0 Å². The van der Waals surface area contributed by atoms with Crippen molar-refractivity contribution in [1.82, 2.24) is 4.57 Å². The van der Waals surface area contributed by atoms with Gasteiger partial charge in [0.1, 0.15) is 11.5 Å². The SMILES string of the molecule is Cc1cc(NC(=O)c2cc3ccccc3n2Cc2ccccc2F)ccc1C(N)=O. The van der Waals surface area contributed by atoms with Crippen molar-refractivity contribution in [2.24, 2.45) is 5.73 Å². The monoisotopic (exact) mass is 401 g/mol. The summed E-state index contributed by atoms with van der Waals surface area (Å²) in [5, 5.41) is 3.75. The van der Waals surface area contributed by atoms with Crippen molar-refractivity contribution in [3.63, 3.8) is 0 Å². The fourth-order valence-electron chi connectivity index (χ4n) is 3.58. The number of amides is 2. The number of nitrogens with two attached hydrogens (primary N) is 1. The molecule has 0 fully saturated rings. The number of rotatable bonds is 5. The molecule has 4 rings (SSSR count). The number of carbonyl (C=O) groups excluding carboxylic acids is 2. The van der Waals surface area contributed by atoms with Crippen molar-refractivity contribution >= 4 is 28.4 Å². The Bertz CT molecular complexity index is 1280. The molecule has 3 aromatic carbocycles. The summed E-state index contributed by atoms with van der Waals surface area (Å²) in [5.74, 6) is -1.16. The van der Waals surface area contributed by atoms with Crippen LogP contribution in [0.15, 0.2) is 72.8 Å². The van der Waals surface area contributed by atoms with E-state index in [1.807, 2.05) is 24.3 Å². The van der Waals surface area contributed by atoms with Crippen LogP contribution in [0.3, 0.4) is 0 Å². The fraction of sp³-hybridized carbons (Fsp3) is 0.0833. The average Bonchev–Trinajstić information content (AvgIpc) is 3.08. The molecule has 5 nitrogen and oxygen atoms in total. The normalized spacial score (nSPS) is 10.9. The summed E-state index contributed by atoms with van der Waals surface area (Å²) in [7, 11) is 0. The number of hydrogen-bond acceptors (Lipinski definition) is 2. The summed E-state index contributed by atoms with van der Waals surface area (Å²) in [6.07, 6.45) is 0. The van der Waals surface area contributed by atoms with Crippen LogP contribution in [0.1, 0.15) is 32.0 Å². The summed E-state index contributed by atoms with van der Waals surface area (Å²) in [6, 6.07) is 20.8. The van der Waals surface area contributed by atoms with Gasteiger partial charge in [0, 0.05) is 27.7 Å². The molecule has 1 aromatic heterocycles. The standard InChI is InChI=1S/C24H20FN3O2/c1-15-12-18(10-11-19(15)23(26)29)27-24(30)22-13-16-6-3-5-9-21(16)28(22)14-17-7-2-4-8-20(17)25/h2-13H,14H2,1H3,(H2,26,29)(H,27,30). The maximum Gasteiger partial charge on any atom is 0.272 e. The molecule has 1 heterocycles. The van der Waals surface area contributed by atoms with Crippen LogP contribution in [0.4, 0.5) is 10.1 Å². The first kappa shape index (κ1) is 19.4. The highest BCUT2D eigenvalue weighted by atomic mass is 19.1. The van der Waals surface area contributed by atoms with E-state index in [2.05, 4.69) is 5.32 Å². The van der Waals surface area contributed by atoms with Crippen molar-refractivity contribution in [1.29, 1.82) is 0 Å². The lowest BCUT2D eigenvalue weighted by molar-refractivity contribution is 0.0997. The molecule has 4 aromatic rings. The van der Waals surface area contributed by atoms with Gasteiger partial charge in [-0.3, -0.25) is 9.59 Å². The Kier molecular flexibility index (Phi) is 5.06. The molecular formula is C24H20FN3O2. The molecule has 0 bridgehead atoms. The molecule has 6 heteroatoms. The number of carbonyl (C=O) groups is 2. The van der Waals surface area contributed by atoms with Crippen LogP contribution in [0, 0.1) is 12.7 Å². The van der Waals surface area contributed by atoms with Crippen LogP contribution in [0.25, 0.3) is 10.9 Å². The second-order valence-electron chi connectivity index (χ2n) is 7.11. The topological polar surface area (TPSA) is 77.1 Å². The Balaban J connectivity index is 1.71. The van der Waals surface area contributed by atoms with E-state index in [0.29, 0.717) is 28.1 Å². The van der Waals surface area contributed by atoms with E-state index in [-0.39, 0.29) is 18.3 Å². The van der Waals surface area contributed by atoms with Gasteiger partial charge in [0.05, 0.1) is 6.54 Å². The zero-order chi connectivity index (χ0) is 21.3. The highest BCUT2D eigenvalue weighted by Gasteiger charge is 2.17. The van der Waals surface area contributed by atoms with Crippen LogP contribution in [-0.2, 0) is 6.54 Å². The predicted molar refractivity (Wildman–Crippen MR) is 115 cm³/mol. The van der Waals surface area contributed by atoms with E-state index in [1.54, 1.807) is 54.0 Å². The number of nitrogens with one attached hydrogen (secondary N) is 1. The number of aryl methyl sites for hydroxylation is 1. The summed E-state index contributed by atoms with van der Waals surface area (Å²) in [4.78, 5) is 24.5. The number of nitrogens with zero attached hydrogens (tertiary/aromatic N) is 1. The minimum atomic E-state index is -0.518. The third kappa shape index (κ3) is 3.67. The zero-order valence-electron chi connectivity index (χ0n) is 16.4. The Morgan fingerprint density at radius 2 is 1.73 bits per heavy atom. The van der Waals surface area contributed by atoms with Crippen LogP contribution in [0.2, 0.25) is 0 Å². The summed E-state index contributed by atoms with van der Waals surface area (Å²) in [6.45, 7) is 1.98. The molecule has 0 saturated carbocycles. The molecule has 0 saturated heterocycles. The van der Waals surface area contributed by atoms with Crippen LogP contribution in [0.5, 0.6) is 0 Å². The number of para-hydroxylation sites is 1. The molecule has 0 radical (unpaired) electrons. The van der Waals surface area contributed by atoms with Crippen molar-refractivity contribution < 1.29 is 14.0 Å². The van der Waals surface area contributed by atoms with Gasteiger partial charge in [-0.05, 0) is 48.9 Å². The molecule has 0 spiro atoms. The number of benzene rings is 3. The highest BCUT2D eigenvalue weighted by molar-refractivity contribution is 6.06. The number of fused-ring (bicyclic) bond motifs is 1. The maximum absolute atomic E-state index is 14.3. The van der Waals surface area contributed by atoms with Crippen molar-refractivity contribution in [3.8, 4) is 0 Å². The zero-order valence-corrected chi connectivity index (χ0v) is 16.4. The number of anilines is 1. The van der Waals surface area contributed by atoms with Crippen molar-refractivity contribution in [3.05, 3.63) is 101 Å². The Morgan fingerprint density at radius 1 is 1.00 bits per heavy atom. The number of primary amides is 1. The Labute approximate surface area is 172 Å². The van der Waals surface area contributed by atoms with Gasteiger partial charge in [-0.25, -0.2) is 4.39 Å². The number of halogens is 1. The molecular weight excluding hydrogens is 381 g/mol. The Hall–Kier alpha value is -3.93. The summed E-state index contributed by atoms with van der Waals surface area (Å²) < 4.78 is 16.1. The molecule has 0 atom stereocenters. The lowest BCUT2D eigenvalue weighted by Crippen LogP contribution is -2.18. The van der Waals surface area contributed by atoms with E-state index in [1.165, 1.54) is 6.07 Å². The van der Waals surface area contributed by atoms with E-state index in [9.17, 15) is 14.0 Å². The minimum Gasteiger partial charge on any atom is -0.366 e. The second-order valence-corrected chi connectivity index (χ2v) is 7.11. The molecule has 0 aliphatic rings. The van der Waals surface area contributed by atoms with E-state index < -0.39 is 5.91 Å². The van der Waals surface area contributed by atoms with Gasteiger partial charge in [0.25, 0.3) is 5.91 Å². The average molecular weight is 401 g/mol. The third-order valence-electron chi connectivity index (χ3n) is 5.08. The van der Waals surface area contributed by atoms with Crippen molar-refractivity contribution in [2.45, 2.75) is 13.5 Å².